The van der Waals surface area contributed by atoms with Crippen LogP contribution in [0.2, 0.25) is 0 Å². The molecule has 3 heterocycles. The first kappa shape index (κ1) is 24.0. The molecule has 1 amide bonds. The Hall–Kier alpha value is -3.39. The Morgan fingerprint density at radius 3 is 2.16 bits per heavy atom. The topological polar surface area (TPSA) is 62.7 Å². The fourth-order valence-corrected chi connectivity index (χ4v) is 6.62. The Bertz CT molecular complexity index is 1280. The van der Waals surface area contributed by atoms with E-state index >= 15 is 0 Å². The van der Waals surface area contributed by atoms with Crippen LogP contribution in [0.4, 0.5) is 18.0 Å². The fraction of sp³-hybridized carbons (Fsp3) is 0.379. The van der Waals surface area contributed by atoms with Gasteiger partial charge in [-0.25, -0.2) is 4.79 Å². The largest absolute Gasteiger partial charge is 0.448 e. The molecule has 2 atom stereocenters. The van der Waals surface area contributed by atoms with Gasteiger partial charge in [0.25, 0.3) is 0 Å². The molecule has 0 radical (unpaired) electrons. The lowest BCUT2D eigenvalue weighted by molar-refractivity contribution is -0.148. The van der Waals surface area contributed by atoms with Gasteiger partial charge in [0.15, 0.2) is 0 Å². The molecule has 2 saturated heterocycles. The van der Waals surface area contributed by atoms with E-state index in [0.717, 1.165) is 34.9 Å². The number of rotatable bonds is 3. The maximum absolute atomic E-state index is 13.7. The van der Waals surface area contributed by atoms with Crippen molar-refractivity contribution >= 4 is 6.09 Å². The Kier molecular flexibility index (Phi) is 5.75. The van der Waals surface area contributed by atoms with E-state index in [-0.39, 0.29) is 30.9 Å². The first-order valence-electron chi connectivity index (χ1n) is 12.6. The molecule has 2 unspecified atom stereocenters. The first-order chi connectivity index (χ1) is 17.8. The molecule has 192 valence electrons. The number of aliphatic hydroxyl groups is 1. The van der Waals surface area contributed by atoms with E-state index in [1.165, 1.54) is 12.1 Å². The lowest BCUT2D eigenvalue weighted by Gasteiger charge is -2.51. The summed E-state index contributed by atoms with van der Waals surface area (Å²) in [5, 5.41) is 11.5. The SMILES string of the molecule is O=C(OCC1c2ccccc2-c2ccccc21)N1C2CCCC1CC(O)(c1cccnc1C(F)(F)F)C2. The summed E-state index contributed by atoms with van der Waals surface area (Å²) in [5.74, 6) is -0.0809. The van der Waals surface area contributed by atoms with Gasteiger partial charge in [-0.3, -0.25) is 4.98 Å². The Balaban J connectivity index is 1.22. The quantitative estimate of drug-likeness (QED) is 0.454. The third kappa shape index (κ3) is 4.07. The van der Waals surface area contributed by atoms with Gasteiger partial charge in [-0.15, -0.1) is 0 Å². The molecule has 2 aromatic carbocycles. The first-order valence-corrected chi connectivity index (χ1v) is 12.6. The smallest absolute Gasteiger partial charge is 0.433 e. The summed E-state index contributed by atoms with van der Waals surface area (Å²) in [6, 6.07) is 18.1. The van der Waals surface area contributed by atoms with Crippen LogP contribution in [-0.4, -0.2) is 39.8 Å². The van der Waals surface area contributed by atoms with Crippen LogP contribution in [0.1, 0.15) is 60.4 Å². The van der Waals surface area contributed by atoms with Crippen LogP contribution < -0.4 is 0 Å². The molecule has 1 aliphatic carbocycles. The summed E-state index contributed by atoms with van der Waals surface area (Å²) in [4.78, 5) is 18.6. The maximum atomic E-state index is 13.7. The fourth-order valence-electron chi connectivity index (χ4n) is 6.62. The third-order valence-electron chi connectivity index (χ3n) is 8.13. The minimum absolute atomic E-state index is 0.0163. The van der Waals surface area contributed by atoms with E-state index in [1.54, 1.807) is 4.90 Å². The number of amides is 1. The number of hydrogen-bond acceptors (Lipinski definition) is 4. The van der Waals surface area contributed by atoms with Crippen LogP contribution in [-0.2, 0) is 16.5 Å². The van der Waals surface area contributed by atoms with Gasteiger partial charge >= 0.3 is 12.3 Å². The second kappa shape index (κ2) is 8.87. The van der Waals surface area contributed by atoms with E-state index in [2.05, 4.69) is 29.2 Å². The number of halogens is 3. The van der Waals surface area contributed by atoms with Crippen molar-refractivity contribution in [2.75, 3.05) is 6.61 Å². The van der Waals surface area contributed by atoms with Crippen LogP contribution in [0.25, 0.3) is 11.1 Å². The second-order valence-electron chi connectivity index (χ2n) is 10.3. The highest BCUT2D eigenvalue weighted by Gasteiger charge is 2.51. The summed E-state index contributed by atoms with van der Waals surface area (Å²) >= 11 is 0. The number of carbonyl (C=O) groups is 1. The van der Waals surface area contributed by atoms with Crippen LogP contribution in [0.3, 0.4) is 0 Å². The third-order valence-corrected chi connectivity index (χ3v) is 8.13. The van der Waals surface area contributed by atoms with Gasteiger partial charge in [0, 0.05) is 42.6 Å². The molecule has 0 saturated carbocycles. The van der Waals surface area contributed by atoms with E-state index in [1.807, 2.05) is 24.3 Å². The standard InChI is InChI=1S/C29H27F3N2O3/c30-29(31,32)26-25(13-6-14-33-26)28(36)15-18-7-5-8-19(16-28)34(18)27(35)37-17-24-22-11-3-1-9-20(22)21-10-2-4-12-23(21)24/h1-4,6,9-14,18-19,24,36H,5,7-8,15-17H2. The number of pyridine rings is 1. The van der Waals surface area contributed by atoms with E-state index in [4.69, 9.17) is 4.74 Å². The Morgan fingerprint density at radius 1 is 0.973 bits per heavy atom. The molecular formula is C29H27F3N2O3. The number of nitrogens with zero attached hydrogens (tertiary/aromatic N) is 2. The van der Waals surface area contributed by atoms with Crippen LogP contribution in [0.15, 0.2) is 66.9 Å². The predicted octanol–water partition coefficient (Wildman–Crippen LogP) is 6.25. The molecule has 2 fully saturated rings. The predicted molar refractivity (Wildman–Crippen MR) is 131 cm³/mol. The molecule has 5 nitrogen and oxygen atoms in total. The van der Waals surface area contributed by atoms with E-state index < -0.39 is 35.6 Å². The zero-order valence-corrected chi connectivity index (χ0v) is 20.1. The van der Waals surface area contributed by atoms with Crippen molar-refractivity contribution in [1.29, 1.82) is 0 Å². The minimum Gasteiger partial charge on any atom is -0.448 e. The molecular weight excluding hydrogens is 481 g/mol. The van der Waals surface area contributed by atoms with Crippen molar-refractivity contribution in [3.8, 4) is 11.1 Å². The number of fused-ring (bicyclic) bond motifs is 5. The molecule has 0 spiro atoms. The van der Waals surface area contributed by atoms with Gasteiger partial charge in [0.2, 0.25) is 0 Å². The zero-order valence-electron chi connectivity index (χ0n) is 20.1. The van der Waals surface area contributed by atoms with E-state index in [9.17, 15) is 23.1 Å². The Labute approximate surface area is 212 Å². The summed E-state index contributed by atoms with van der Waals surface area (Å²) in [5.41, 5.74) is 1.50. The van der Waals surface area contributed by atoms with Gasteiger partial charge in [-0.1, -0.05) is 54.6 Å². The second-order valence-corrected chi connectivity index (χ2v) is 10.3. The number of piperidine rings is 2. The minimum atomic E-state index is -4.68. The molecule has 2 bridgehead atoms. The number of benzene rings is 2. The van der Waals surface area contributed by atoms with Crippen molar-refractivity contribution in [3.63, 3.8) is 0 Å². The van der Waals surface area contributed by atoms with E-state index in [0.29, 0.717) is 12.8 Å². The average molecular weight is 509 g/mol. The summed E-state index contributed by atoms with van der Waals surface area (Å²) in [6.07, 6.45) is -1.98. The number of ether oxygens (including phenoxy) is 1. The van der Waals surface area contributed by atoms with Gasteiger partial charge in [0.05, 0.1) is 5.60 Å². The number of aromatic nitrogens is 1. The van der Waals surface area contributed by atoms with Gasteiger partial charge in [-0.05, 0) is 47.6 Å². The van der Waals surface area contributed by atoms with Crippen LogP contribution >= 0.6 is 0 Å². The van der Waals surface area contributed by atoms with Crippen molar-refractivity contribution in [2.45, 2.75) is 61.9 Å². The van der Waals surface area contributed by atoms with Crippen LogP contribution in [0.5, 0.6) is 0 Å². The lowest BCUT2D eigenvalue weighted by Crippen LogP contribution is -2.59. The number of hydrogen-bond donors (Lipinski definition) is 1. The molecule has 37 heavy (non-hydrogen) atoms. The van der Waals surface area contributed by atoms with Gasteiger partial charge in [-0.2, -0.15) is 13.2 Å². The molecule has 1 aromatic heterocycles. The average Bonchev–Trinajstić information content (AvgIpc) is 3.20. The maximum Gasteiger partial charge on any atom is 0.433 e. The van der Waals surface area contributed by atoms with Gasteiger partial charge < -0.3 is 14.7 Å². The normalized spacial score (nSPS) is 24.9. The zero-order chi connectivity index (χ0) is 25.8. The molecule has 8 heteroatoms. The van der Waals surface area contributed by atoms with Crippen molar-refractivity contribution in [2.24, 2.45) is 0 Å². The lowest BCUT2D eigenvalue weighted by atomic mass is 9.72. The monoisotopic (exact) mass is 508 g/mol. The molecule has 3 aliphatic rings. The molecule has 2 aliphatic heterocycles. The van der Waals surface area contributed by atoms with Crippen molar-refractivity contribution < 1.29 is 27.8 Å². The van der Waals surface area contributed by atoms with Crippen LogP contribution in [0, 0.1) is 0 Å². The molecule has 1 N–H and O–H groups in total. The summed E-state index contributed by atoms with van der Waals surface area (Å²) in [7, 11) is 0. The number of alkyl halides is 3. The summed E-state index contributed by atoms with van der Waals surface area (Å²) in [6.45, 7) is 0.174. The number of carbonyl (C=O) groups excluding carboxylic acids is 1. The highest BCUT2D eigenvalue weighted by molar-refractivity contribution is 5.79. The molecule has 6 rings (SSSR count). The highest BCUT2D eigenvalue weighted by Crippen LogP contribution is 2.48. The summed E-state index contributed by atoms with van der Waals surface area (Å²) < 4.78 is 46.9. The van der Waals surface area contributed by atoms with Crippen molar-refractivity contribution in [1.82, 2.24) is 9.88 Å². The van der Waals surface area contributed by atoms with Crippen molar-refractivity contribution in [3.05, 3.63) is 89.2 Å². The molecule has 3 aromatic rings. The highest BCUT2D eigenvalue weighted by atomic mass is 19.4. The Morgan fingerprint density at radius 2 is 1.57 bits per heavy atom. The van der Waals surface area contributed by atoms with Gasteiger partial charge in [0.1, 0.15) is 12.3 Å².